The number of benzene rings is 5. The van der Waals surface area contributed by atoms with Crippen molar-refractivity contribution in [1.29, 1.82) is 0 Å². The molecule has 0 aliphatic heterocycles. The second-order valence-corrected chi connectivity index (χ2v) is 18.9. The molecule has 5 aromatic carbocycles. The molecule has 0 aliphatic rings. The van der Waals surface area contributed by atoms with E-state index in [2.05, 4.69) is 58.0 Å². The highest BCUT2D eigenvalue weighted by Gasteiger charge is 2.32. The molecule has 0 radical (unpaired) electrons. The van der Waals surface area contributed by atoms with Gasteiger partial charge in [0.05, 0.1) is 17.9 Å². The van der Waals surface area contributed by atoms with Crippen LogP contribution in [0.15, 0.2) is 152 Å². The van der Waals surface area contributed by atoms with Crippen LogP contribution in [-0.2, 0) is 60.9 Å². The third-order valence-corrected chi connectivity index (χ3v) is 13.3. The second-order valence-electron chi connectivity index (χ2n) is 18.9. The minimum absolute atomic E-state index is 0.0355. The lowest BCUT2D eigenvalue weighted by atomic mass is 9.89. The molecule has 0 unspecified atom stereocenters. The number of ketones is 2. The summed E-state index contributed by atoms with van der Waals surface area (Å²) in [6.07, 6.45) is 8.62. The topological polar surface area (TPSA) is 213 Å². The summed E-state index contributed by atoms with van der Waals surface area (Å²) in [5.74, 6) is -5.11. The Balaban J connectivity index is 0.000000870. The van der Waals surface area contributed by atoms with E-state index in [1.807, 2.05) is 115 Å². The lowest BCUT2D eigenvalue weighted by Crippen LogP contribution is -2.49. The number of nitrogens with one attached hydrogen (secondary N) is 4. The zero-order chi connectivity index (χ0) is 52.0. The fraction of sp³-hybridized carbons (Fsp3) is 0.333. The number of amides is 4. The van der Waals surface area contributed by atoms with Crippen LogP contribution in [0.4, 0.5) is 0 Å². The normalized spacial score (nSPS) is 12.7. The van der Waals surface area contributed by atoms with Gasteiger partial charge in [-0.2, -0.15) is 0 Å². The summed E-state index contributed by atoms with van der Waals surface area (Å²) >= 11 is 0. The number of Topliss-reactive ketones (excluding diaryl/α,β-unsaturated/α-hetero) is 2. The SMILES string of the molecule is CCCc1ccccc1.CN(NC(=O)[C@H](CC(=O)CCc1ccccc1)Cc1c[nH]c2ccccc12)C(=O)C[C@@H](Cc1c[nH]c2ccccc12)C(=O)N[C@H](Cc1ccccc1)C(=O)C[C@@H](CCCCN)C(N)=O. The monoisotopic (exact) mass is 986 g/mol. The van der Waals surface area contributed by atoms with E-state index in [4.69, 9.17) is 11.5 Å². The predicted octanol–water partition coefficient (Wildman–Crippen LogP) is 8.69. The third-order valence-electron chi connectivity index (χ3n) is 13.3. The lowest BCUT2D eigenvalue weighted by Gasteiger charge is -2.26. The number of para-hydroxylation sites is 2. The van der Waals surface area contributed by atoms with Crippen molar-refractivity contribution >= 4 is 57.0 Å². The molecule has 0 saturated heterocycles. The Morgan fingerprint density at radius 2 is 1.08 bits per heavy atom. The van der Waals surface area contributed by atoms with Crippen LogP contribution >= 0.6 is 0 Å². The molecule has 4 amide bonds. The number of hydrogen-bond acceptors (Lipinski definition) is 7. The Bertz CT molecular complexity index is 2860. The van der Waals surface area contributed by atoms with Gasteiger partial charge in [0.1, 0.15) is 5.78 Å². The second kappa shape index (κ2) is 28.4. The van der Waals surface area contributed by atoms with Gasteiger partial charge in [-0.15, -0.1) is 0 Å². The number of aryl methyl sites for hydroxylation is 2. The molecule has 2 heterocycles. The number of aromatic nitrogens is 2. The number of nitrogens with two attached hydrogens (primary N) is 2. The zero-order valence-corrected chi connectivity index (χ0v) is 42.2. The lowest BCUT2D eigenvalue weighted by molar-refractivity contribution is -0.144. The van der Waals surface area contributed by atoms with Gasteiger partial charge in [-0.25, -0.2) is 0 Å². The number of fused-ring (bicyclic) bond motifs is 2. The molecule has 7 aromatic rings. The van der Waals surface area contributed by atoms with E-state index in [0.717, 1.165) is 49.1 Å². The van der Waals surface area contributed by atoms with Crippen LogP contribution in [0, 0.1) is 17.8 Å². The predicted molar refractivity (Wildman–Crippen MR) is 289 cm³/mol. The highest BCUT2D eigenvalue weighted by Crippen LogP contribution is 2.26. The summed E-state index contributed by atoms with van der Waals surface area (Å²) in [5, 5.41) is 5.86. The molecule has 13 heteroatoms. The molecule has 73 heavy (non-hydrogen) atoms. The number of carbonyl (C=O) groups excluding carboxylic acids is 6. The molecule has 0 fully saturated rings. The van der Waals surface area contributed by atoms with E-state index < -0.39 is 47.4 Å². The van der Waals surface area contributed by atoms with Gasteiger partial charge in [0.2, 0.25) is 23.6 Å². The molecule has 0 saturated carbocycles. The van der Waals surface area contributed by atoms with Crippen LogP contribution in [0.1, 0.15) is 86.1 Å². The van der Waals surface area contributed by atoms with E-state index in [1.165, 1.54) is 25.5 Å². The van der Waals surface area contributed by atoms with Crippen molar-refractivity contribution in [2.75, 3.05) is 13.6 Å². The number of nitrogens with zero attached hydrogens (tertiary/aromatic N) is 1. The molecule has 8 N–H and O–H groups in total. The minimum Gasteiger partial charge on any atom is -0.369 e. The molecular formula is C60H71N7O6. The van der Waals surface area contributed by atoms with Crippen molar-refractivity contribution in [2.24, 2.45) is 29.2 Å². The zero-order valence-electron chi connectivity index (χ0n) is 42.2. The number of rotatable bonds is 26. The largest absolute Gasteiger partial charge is 0.369 e. The van der Waals surface area contributed by atoms with Gasteiger partial charge >= 0.3 is 0 Å². The van der Waals surface area contributed by atoms with Gasteiger partial charge in [0, 0.05) is 72.8 Å². The van der Waals surface area contributed by atoms with E-state index in [9.17, 15) is 28.8 Å². The number of H-pyrrole nitrogens is 2. The van der Waals surface area contributed by atoms with Crippen molar-refractivity contribution < 1.29 is 28.8 Å². The van der Waals surface area contributed by atoms with Gasteiger partial charge in [0.25, 0.3) is 0 Å². The van der Waals surface area contributed by atoms with Gasteiger partial charge in [-0.1, -0.05) is 147 Å². The fourth-order valence-corrected chi connectivity index (χ4v) is 9.20. The van der Waals surface area contributed by atoms with Crippen LogP contribution in [0.2, 0.25) is 0 Å². The first kappa shape index (κ1) is 54.7. The Morgan fingerprint density at radius 3 is 1.62 bits per heavy atom. The Hall–Kier alpha value is -7.64. The number of primary amides is 1. The quantitative estimate of drug-likeness (QED) is 0.0229. The molecule has 7 rings (SSSR count). The first-order chi connectivity index (χ1) is 35.4. The number of hydrazine groups is 1. The van der Waals surface area contributed by atoms with Crippen molar-refractivity contribution in [3.63, 3.8) is 0 Å². The smallest absolute Gasteiger partial charge is 0.242 e. The maximum Gasteiger partial charge on any atom is 0.242 e. The average molecular weight is 986 g/mol. The Morgan fingerprint density at radius 1 is 0.575 bits per heavy atom. The Kier molecular flexibility index (Phi) is 21.3. The highest BCUT2D eigenvalue weighted by atomic mass is 16.2. The molecule has 0 bridgehead atoms. The van der Waals surface area contributed by atoms with E-state index >= 15 is 0 Å². The molecule has 4 atom stereocenters. The van der Waals surface area contributed by atoms with Gasteiger partial charge < -0.3 is 26.8 Å². The first-order valence-corrected chi connectivity index (χ1v) is 25.5. The minimum atomic E-state index is -1.02. The van der Waals surface area contributed by atoms with E-state index in [0.29, 0.717) is 32.2 Å². The van der Waals surface area contributed by atoms with Crippen molar-refractivity contribution in [3.05, 3.63) is 180 Å². The Labute approximate surface area is 428 Å². The van der Waals surface area contributed by atoms with Gasteiger partial charge in [0.15, 0.2) is 5.78 Å². The van der Waals surface area contributed by atoms with Crippen molar-refractivity contribution in [3.8, 4) is 0 Å². The fourth-order valence-electron chi connectivity index (χ4n) is 9.20. The van der Waals surface area contributed by atoms with Gasteiger partial charge in [-0.3, -0.25) is 39.2 Å². The van der Waals surface area contributed by atoms with Crippen LogP contribution in [0.3, 0.4) is 0 Å². The summed E-state index contributed by atoms with van der Waals surface area (Å²) in [6, 6.07) is 43.8. The molecule has 13 nitrogen and oxygen atoms in total. The number of aromatic amines is 2. The van der Waals surface area contributed by atoms with Crippen molar-refractivity contribution in [1.82, 2.24) is 25.7 Å². The maximum atomic E-state index is 14.5. The maximum absolute atomic E-state index is 14.5. The summed E-state index contributed by atoms with van der Waals surface area (Å²) in [5.41, 5.74) is 20.8. The highest BCUT2D eigenvalue weighted by molar-refractivity contribution is 5.95. The number of hydrogen-bond donors (Lipinski definition) is 6. The summed E-state index contributed by atoms with van der Waals surface area (Å²) in [4.78, 5) is 89.2. The van der Waals surface area contributed by atoms with Crippen LogP contribution < -0.4 is 22.2 Å². The van der Waals surface area contributed by atoms with Crippen LogP contribution in [-0.4, -0.2) is 69.8 Å². The number of unbranched alkanes of at least 4 members (excludes halogenated alkanes) is 1. The van der Waals surface area contributed by atoms with Crippen LogP contribution in [0.25, 0.3) is 21.8 Å². The molecule has 0 spiro atoms. The first-order valence-electron chi connectivity index (χ1n) is 25.5. The summed E-state index contributed by atoms with van der Waals surface area (Å²) in [7, 11) is 1.43. The summed E-state index contributed by atoms with van der Waals surface area (Å²) in [6.45, 7) is 2.65. The standard InChI is InChI=1S/C51H59N7O6.C9H12/c1-58(57-51(64)37(27-39-32-54-44-21-10-8-19-42(39)44)29-41(59)24-23-34-14-4-2-5-15-34)48(61)31-38(28-40-33-55-45-22-11-9-20-43(40)45)50(63)56-46(26-35-16-6-3-7-17-35)47(60)30-36(49(53)62)18-12-13-25-52;1-2-6-9-7-4-3-5-8-9/h2-11,14-17,19-22,32-33,36-38,46,54-55H,12-13,18,23-31,52H2,1H3,(H2,53,62)(H,56,63)(H,57,64);3-5,7-8H,2,6H2,1H3/t36-,37+,38-,46-;/m1./s1. The summed E-state index contributed by atoms with van der Waals surface area (Å²) < 4.78 is 0. The van der Waals surface area contributed by atoms with E-state index in [-0.39, 0.29) is 56.5 Å². The molecule has 382 valence electrons. The van der Waals surface area contributed by atoms with E-state index in [1.54, 1.807) is 6.20 Å². The number of carbonyl (C=O) groups is 6. The van der Waals surface area contributed by atoms with Crippen LogP contribution in [0.5, 0.6) is 0 Å². The molecule has 0 aliphatic carbocycles. The third kappa shape index (κ3) is 17.0. The van der Waals surface area contributed by atoms with Crippen molar-refractivity contribution in [2.45, 2.75) is 96.4 Å². The molecular weight excluding hydrogens is 915 g/mol. The molecule has 2 aromatic heterocycles. The average Bonchev–Trinajstić information content (AvgIpc) is 4.01. The van der Waals surface area contributed by atoms with Gasteiger partial charge in [-0.05, 0) is 91.4 Å².